The van der Waals surface area contributed by atoms with Gasteiger partial charge in [0.05, 0.1) is 9.79 Å². The number of phenols is 2. The monoisotopic (exact) mass is 266 g/mol. The van der Waals surface area contributed by atoms with Crippen LogP contribution in [0.1, 0.15) is 5.56 Å². The predicted octanol–water partition coefficient (Wildman–Crippen LogP) is 4.21. The molecule has 0 radical (unpaired) electrons. The maximum Gasteiger partial charge on any atom is 0.129 e. The van der Waals surface area contributed by atoms with E-state index in [0.29, 0.717) is 14.8 Å². The minimum atomic E-state index is 0.153. The SMILES string of the molecule is Cc1ccc(O)c(Sc2cc(Cl)ccc2O)c1. The van der Waals surface area contributed by atoms with Gasteiger partial charge in [-0.3, -0.25) is 0 Å². The van der Waals surface area contributed by atoms with Crippen molar-refractivity contribution >= 4 is 23.4 Å². The molecule has 88 valence electrons. The van der Waals surface area contributed by atoms with E-state index in [1.54, 1.807) is 18.2 Å². The molecule has 0 spiro atoms. The molecule has 0 aliphatic heterocycles. The zero-order chi connectivity index (χ0) is 12.4. The van der Waals surface area contributed by atoms with Crippen molar-refractivity contribution in [1.29, 1.82) is 0 Å². The maximum absolute atomic E-state index is 9.72. The van der Waals surface area contributed by atoms with Gasteiger partial charge in [0, 0.05) is 5.02 Å². The summed E-state index contributed by atoms with van der Waals surface area (Å²) in [4.78, 5) is 1.32. The summed E-state index contributed by atoms with van der Waals surface area (Å²) >= 11 is 7.15. The van der Waals surface area contributed by atoms with Crippen molar-refractivity contribution in [2.45, 2.75) is 16.7 Å². The average molecular weight is 267 g/mol. The highest BCUT2D eigenvalue weighted by molar-refractivity contribution is 7.99. The van der Waals surface area contributed by atoms with Gasteiger partial charge in [0.1, 0.15) is 11.5 Å². The summed E-state index contributed by atoms with van der Waals surface area (Å²) in [5, 5.41) is 20.0. The second kappa shape index (κ2) is 4.90. The molecule has 0 unspecified atom stereocenters. The number of aromatic hydroxyl groups is 2. The summed E-state index contributed by atoms with van der Waals surface area (Å²) in [6.07, 6.45) is 0. The van der Waals surface area contributed by atoms with Crippen LogP contribution in [0.15, 0.2) is 46.2 Å². The Morgan fingerprint density at radius 1 is 0.941 bits per heavy atom. The molecule has 0 aliphatic rings. The first kappa shape index (κ1) is 12.1. The first-order valence-corrected chi connectivity index (χ1v) is 6.21. The molecule has 0 heterocycles. The Morgan fingerprint density at radius 2 is 1.53 bits per heavy atom. The number of phenolic OH excluding ortho intramolecular Hbond substituents is 2. The lowest BCUT2D eigenvalue weighted by molar-refractivity contribution is 0.460. The zero-order valence-electron chi connectivity index (χ0n) is 9.14. The Hall–Kier alpha value is -1.32. The molecule has 2 nitrogen and oxygen atoms in total. The van der Waals surface area contributed by atoms with Crippen LogP contribution in [0, 0.1) is 6.92 Å². The van der Waals surface area contributed by atoms with Crippen LogP contribution in [-0.2, 0) is 0 Å². The van der Waals surface area contributed by atoms with Crippen LogP contribution >= 0.6 is 23.4 Å². The molecule has 0 saturated carbocycles. The van der Waals surface area contributed by atoms with Crippen LogP contribution < -0.4 is 0 Å². The van der Waals surface area contributed by atoms with Gasteiger partial charge < -0.3 is 10.2 Å². The topological polar surface area (TPSA) is 40.5 Å². The fraction of sp³-hybridized carbons (Fsp3) is 0.0769. The van der Waals surface area contributed by atoms with E-state index in [2.05, 4.69) is 0 Å². The molecule has 0 atom stereocenters. The molecule has 17 heavy (non-hydrogen) atoms. The largest absolute Gasteiger partial charge is 0.507 e. The highest BCUT2D eigenvalue weighted by Gasteiger charge is 2.08. The summed E-state index contributed by atoms with van der Waals surface area (Å²) in [5.74, 6) is 0.347. The van der Waals surface area contributed by atoms with E-state index in [1.807, 2.05) is 19.1 Å². The summed E-state index contributed by atoms with van der Waals surface area (Å²) in [6.45, 7) is 1.95. The van der Waals surface area contributed by atoms with E-state index in [-0.39, 0.29) is 11.5 Å². The summed E-state index contributed by atoms with van der Waals surface area (Å²) < 4.78 is 0. The molecule has 0 aromatic heterocycles. The standard InChI is InChI=1S/C13H11ClO2S/c1-8-2-4-10(15)12(6-8)17-13-7-9(14)3-5-11(13)16/h2-7,15-16H,1H3. The molecular weight excluding hydrogens is 256 g/mol. The van der Waals surface area contributed by atoms with Gasteiger partial charge in [0.2, 0.25) is 0 Å². The third kappa shape index (κ3) is 2.87. The molecular formula is C13H11ClO2S. The molecule has 2 aromatic rings. The van der Waals surface area contributed by atoms with Gasteiger partial charge in [-0.25, -0.2) is 0 Å². The first-order chi connectivity index (χ1) is 8.06. The summed E-state index contributed by atoms with van der Waals surface area (Å²) in [5.41, 5.74) is 1.05. The summed E-state index contributed by atoms with van der Waals surface area (Å²) in [7, 11) is 0. The molecule has 0 bridgehead atoms. The van der Waals surface area contributed by atoms with Crippen LogP contribution in [0.4, 0.5) is 0 Å². The molecule has 4 heteroatoms. The quantitative estimate of drug-likeness (QED) is 0.855. The average Bonchev–Trinajstić information content (AvgIpc) is 2.28. The van der Waals surface area contributed by atoms with Crippen LogP contribution in [-0.4, -0.2) is 10.2 Å². The Kier molecular flexibility index (Phi) is 3.50. The van der Waals surface area contributed by atoms with E-state index < -0.39 is 0 Å². The first-order valence-electron chi connectivity index (χ1n) is 5.02. The lowest BCUT2D eigenvalue weighted by atomic mass is 10.2. The third-order valence-corrected chi connectivity index (χ3v) is 3.59. The van der Waals surface area contributed by atoms with E-state index in [0.717, 1.165) is 5.56 Å². The Labute approximate surface area is 109 Å². The fourth-order valence-electron chi connectivity index (χ4n) is 1.39. The minimum absolute atomic E-state index is 0.153. The molecule has 0 saturated heterocycles. The van der Waals surface area contributed by atoms with Crippen molar-refractivity contribution < 1.29 is 10.2 Å². The van der Waals surface area contributed by atoms with Gasteiger partial charge >= 0.3 is 0 Å². The van der Waals surface area contributed by atoms with Crippen LogP contribution in [0.25, 0.3) is 0 Å². The highest BCUT2D eigenvalue weighted by atomic mass is 35.5. The van der Waals surface area contributed by atoms with E-state index >= 15 is 0 Å². The van der Waals surface area contributed by atoms with Crippen molar-refractivity contribution in [2.75, 3.05) is 0 Å². The van der Waals surface area contributed by atoms with Gasteiger partial charge in [0.15, 0.2) is 0 Å². The Bertz CT molecular complexity index is 506. The van der Waals surface area contributed by atoms with Gasteiger partial charge in [-0.15, -0.1) is 0 Å². The number of hydrogen-bond acceptors (Lipinski definition) is 3. The molecule has 2 aromatic carbocycles. The molecule has 0 amide bonds. The zero-order valence-corrected chi connectivity index (χ0v) is 10.7. The number of benzene rings is 2. The van der Waals surface area contributed by atoms with Gasteiger partial charge in [0.25, 0.3) is 0 Å². The fourth-order valence-corrected chi connectivity index (χ4v) is 2.64. The third-order valence-electron chi connectivity index (χ3n) is 2.26. The lowest BCUT2D eigenvalue weighted by Gasteiger charge is -2.07. The predicted molar refractivity (Wildman–Crippen MR) is 70.1 cm³/mol. The number of rotatable bonds is 2. The smallest absolute Gasteiger partial charge is 0.129 e. The normalized spacial score (nSPS) is 10.5. The highest BCUT2D eigenvalue weighted by Crippen LogP contribution is 2.40. The minimum Gasteiger partial charge on any atom is -0.507 e. The van der Waals surface area contributed by atoms with Crippen LogP contribution in [0.2, 0.25) is 5.02 Å². The second-order valence-electron chi connectivity index (χ2n) is 3.69. The van der Waals surface area contributed by atoms with E-state index in [9.17, 15) is 10.2 Å². The Balaban J connectivity index is 2.37. The van der Waals surface area contributed by atoms with Crippen molar-refractivity contribution in [2.24, 2.45) is 0 Å². The van der Waals surface area contributed by atoms with Crippen molar-refractivity contribution in [3.63, 3.8) is 0 Å². The molecule has 0 aliphatic carbocycles. The molecule has 2 rings (SSSR count). The number of halogens is 1. The van der Waals surface area contributed by atoms with Gasteiger partial charge in [-0.2, -0.15) is 0 Å². The van der Waals surface area contributed by atoms with Gasteiger partial charge in [-0.05, 0) is 42.8 Å². The number of aryl methyl sites for hydroxylation is 1. The molecule has 0 fully saturated rings. The summed E-state index contributed by atoms with van der Waals surface area (Å²) in [6, 6.07) is 10.2. The second-order valence-corrected chi connectivity index (χ2v) is 5.21. The van der Waals surface area contributed by atoms with E-state index in [4.69, 9.17) is 11.6 Å². The lowest BCUT2D eigenvalue weighted by Crippen LogP contribution is -1.79. The Morgan fingerprint density at radius 3 is 2.24 bits per heavy atom. The van der Waals surface area contributed by atoms with Crippen LogP contribution in [0.3, 0.4) is 0 Å². The van der Waals surface area contributed by atoms with Crippen molar-refractivity contribution in [3.05, 3.63) is 47.0 Å². The van der Waals surface area contributed by atoms with Gasteiger partial charge in [-0.1, -0.05) is 29.4 Å². The number of hydrogen-bond donors (Lipinski definition) is 2. The van der Waals surface area contributed by atoms with Crippen LogP contribution in [0.5, 0.6) is 11.5 Å². The van der Waals surface area contributed by atoms with Crippen molar-refractivity contribution in [3.8, 4) is 11.5 Å². The molecule has 2 N–H and O–H groups in total. The van der Waals surface area contributed by atoms with E-state index in [1.165, 1.54) is 17.8 Å². The maximum atomic E-state index is 9.72. The van der Waals surface area contributed by atoms with Crippen molar-refractivity contribution in [1.82, 2.24) is 0 Å².